The van der Waals surface area contributed by atoms with Gasteiger partial charge in [-0.2, -0.15) is 4.98 Å². The second-order valence-corrected chi connectivity index (χ2v) is 8.14. The van der Waals surface area contributed by atoms with Crippen molar-refractivity contribution in [3.8, 4) is 11.6 Å². The molecule has 0 spiro atoms. The molecule has 11 heteroatoms. The number of amides is 1. The highest BCUT2D eigenvalue weighted by atomic mass is 79.9. The number of halogens is 3. The minimum atomic E-state index is -0.772. The quantitative estimate of drug-likeness (QED) is 0.435. The van der Waals surface area contributed by atoms with Crippen LogP contribution >= 0.6 is 15.9 Å². The summed E-state index contributed by atoms with van der Waals surface area (Å²) in [5.41, 5.74) is 5.49. The summed E-state index contributed by atoms with van der Waals surface area (Å²) in [5.74, 6) is -1.73. The van der Waals surface area contributed by atoms with Gasteiger partial charge in [-0.3, -0.25) is 14.2 Å². The van der Waals surface area contributed by atoms with Crippen LogP contribution in [0.4, 0.5) is 8.78 Å². The van der Waals surface area contributed by atoms with Crippen LogP contribution in [0.2, 0.25) is 0 Å². The molecule has 0 aliphatic heterocycles. The number of nitrogens with two attached hydrogens (primary N) is 1. The van der Waals surface area contributed by atoms with Crippen LogP contribution in [0.25, 0.3) is 5.69 Å². The van der Waals surface area contributed by atoms with Crippen LogP contribution in [-0.4, -0.2) is 34.8 Å². The van der Waals surface area contributed by atoms with E-state index >= 15 is 0 Å². The van der Waals surface area contributed by atoms with Crippen molar-refractivity contribution in [3.63, 3.8) is 0 Å². The second-order valence-electron chi connectivity index (χ2n) is 7.34. The van der Waals surface area contributed by atoms with Crippen molar-refractivity contribution in [2.45, 2.75) is 33.4 Å². The molecule has 0 radical (unpaired) electrons. The van der Waals surface area contributed by atoms with E-state index in [-0.39, 0.29) is 33.9 Å². The summed E-state index contributed by atoms with van der Waals surface area (Å²) in [6.07, 6.45) is 0.610. The first-order chi connectivity index (χ1) is 16.6. The zero-order valence-electron chi connectivity index (χ0n) is 19.6. The Hall–Kier alpha value is -3.44. The van der Waals surface area contributed by atoms with Crippen LogP contribution in [0.1, 0.15) is 34.2 Å². The highest BCUT2D eigenvalue weighted by Crippen LogP contribution is 2.24. The summed E-state index contributed by atoms with van der Waals surface area (Å²) in [6.45, 7) is 4.64. The molecule has 3 aromatic rings. The normalized spacial score (nSPS) is 11.2. The van der Waals surface area contributed by atoms with Gasteiger partial charge < -0.3 is 20.6 Å². The molecule has 1 atom stereocenters. The molecule has 0 saturated carbocycles. The van der Waals surface area contributed by atoms with Gasteiger partial charge in [0.1, 0.15) is 34.8 Å². The van der Waals surface area contributed by atoms with E-state index < -0.39 is 29.1 Å². The summed E-state index contributed by atoms with van der Waals surface area (Å²) in [4.78, 5) is 40.7. The minimum Gasteiger partial charge on any atom is -0.472 e. The molecule has 3 rings (SSSR count). The molecule has 1 heterocycles. The van der Waals surface area contributed by atoms with Crippen molar-refractivity contribution in [2.24, 2.45) is 5.73 Å². The first kappa shape index (κ1) is 27.8. The van der Waals surface area contributed by atoms with E-state index in [1.807, 2.05) is 0 Å². The number of hydrogen-bond donors (Lipinski definition) is 2. The maximum Gasteiger partial charge on any atom is 0.276 e. The van der Waals surface area contributed by atoms with Crippen LogP contribution in [0.15, 0.2) is 45.7 Å². The zero-order valence-corrected chi connectivity index (χ0v) is 21.2. The SMILES string of the molecule is CN.Cc1ccc(C(=O)N[C@@H](C)C=O)cc1-n1c(C)nc(OCc2ccc(F)cc2F)c(Br)c1=O. The molecule has 0 unspecified atom stereocenters. The monoisotopic (exact) mass is 550 g/mol. The highest BCUT2D eigenvalue weighted by molar-refractivity contribution is 9.10. The maximum absolute atomic E-state index is 13.9. The molecular weight excluding hydrogens is 526 g/mol. The van der Waals surface area contributed by atoms with Crippen LogP contribution in [-0.2, 0) is 11.4 Å². The largest absolute Gasteiger partial charge is 0.472 e. The Morgan fingerprint density at radius 1 is 1.23 bits per heavy atom. The number of aldehydes is 1. The summed E-state index contributed by atoms with van der Waals surface area (Å²) in [6, 6.07) is 7.23. The Labute approximate surface area is 209 Å². The van der Waals surface area contributed by atoms with Crippen molar-refractivity contribution in [3.05, 3.63) is 85.4 Å². The molecule has 3 N–H and O–H groups in total. The molecule has 0 fully saturated rings. The number of benzene rings is 2. The Bertz CT molecular complexity index is 1300. The molecule has 1 amide bonds. The molecule has 0 saturated heterocycles. The van der Waals surface area contributed by atoms with E-state index in [9.17, 15) is 23.2 Å². The van der Waals surface area contributed by atoms with Gasteiger partial charge in [-0.15, -0.1) is 0 Å². The van der Waals surface area contributed by atoms with E-state index in [1.54, 1.807) is 32.9 Å². The van der Waals surface area contributed by atoms with E-state index in [2.05, 4.69) is 32.0 Å². The minimum absolute atomic E-state index is 0.000508. The lowest BCUT2D eigenvalue weighted by atomic mass is 10.1. The third-order valence-corrected chi connectivity index (χ3v) is 5.50. The number of carbonyl (C=O) groups is 2. The van der Waals surface area contributed by atoms with Crippen molar-refractivity contribution in [2.75, 3.05) is 7.05 Å². The first-order valence-electron chi connectivity index (χ1n) is 10.4. The smallest absolute Gasteiger partial charge is 0.276 e. The van der Waals surface area contributed by atoms with Gasteiger partial charge >= 0.3 is 0 Å². The number of aromatic nitrogens is 2. The number of ether oxygens (including phenoxy) is 1. The molecule has 186 valence electrons. The first-order valence-corrected chi connectivity index (χ1v) is 11.2. The van der Waals surface area contributed by atoms with Gasteiger partial charge in [-0.1, -0.05) is 6.07 Å². The number of nitrogens with zero attached hydrogens (tertiary/aromatic N) is 2. The van der Waals surface area contributed by atoms with Crippen molar-refractivity contribution in [1.82, 2.24) is 14.9 Å². The molecule has 1 aromatic heterocycles. The van der Waals surface area contributed by atoms with Crippen molar-refractivity contribution < 1.29 is 23.1 Å². The Balaban J connectivity index is 0.00000210. The average Bonchev–Trinajstić information content (AvgIpc) is 2.83. The van der Waals surface area contributed by atoms with E-state index in [4.69, 9.17) is 4.74 Å². The van der Waals surface area contributed by atoms with E-state index in [1.165, 1.54) is 23.7 Å². The summed E-state index contributed by atoms with van der Waals surface area (Å²) in [5, 5.41) is 2.54. The average molecular weight is 551 g/mol. The molecular formula is C24H25BrF2N4O4. The summed E-state index contributed by atoms with van der Waals surface area (Å²) >= 11 is 3.19. The third kappa shape index (κ3) is 6.58. The van der Waals surface area contributed by atoms with Crippen LogP contribution in [0.3, 0.4) is 0 Å². The summed E-state index contributed by atoms with van der Waals surface area (Å²) < 4.78 is 33.8. The fourth-order valence-corrected chi connectivity index (χ4v) is 3.44. The number of hydrogen-bond acceptors (Lipinski definition) is 6. The van der Waals surface area contributed by atoms with Gasteiger partial charge in [0.2, 0.25) is 5.88 Å². The highest BCUT2D eigenvalue weighted by Gasteiger charge is 2.19. The van der Waals surface area contributed by atoms with Crippen LogP contribution in [0, 0.1) is 25.5 Å². The van der Waals surface area contributed by atoms with Gasteiger partial charge in [0.25, 0.3) is 11.5 Å². The number of rotatable bonds is 7. The molecule has 2 aromatic carbocycles. The van der Waals surface area contributed by atoms with Gasteiger partial charge in [-0.25, -0.2) is 8.78 Å². The fraction of sp³-hybridized carbons (Fsp3) is 0.250. The lowest BCUT2D eigenvalue weighted by Crippen LogP contribution is -2.33. The van der Waals surface area contributed by atoms with Gasteiger partial charge in [0.15, 0.2) is 0 Å². The van der Waals surface area contributed by atoms with Crippen LogP contribution in [0.5, 0.6) is 5.88 Å². The summed E-state index contributed by atoms with van der Waals surface area (Å²) in [7, 11) is 1.50. The van der Waals surface area contributed by atoms with Gasteiger partial charge in [-0.05, 0) is 73.6 Å². The van der Waals surface area contributed by atoms with E-state index in [0.29, 0.717) is 17.5 Å². The topological polar surface area (TPSA) is 116 Å². The maximum atomic E-state index is 13.9. The second kappa shape index (κ2) is 12.3. The third-order valence-electron chi connectivity index (χ3n) is 4.82. The Kier molecular flexibility index (Phi) is 9.78. The predicted octanol–water partition coefficient (Wildman–Crippen LogP) is 3.36. The zero-order chi connectivity index (χ0) is 26.3. The predicted molar refractivity (Wildman–Crippen MR) is 131 cm³/mol. The van der Waals surface area contributed by atoms with Crippen molar-refractivity contribution >= 4 is 28.1 Å². The molecule has 0 aliphatic rings. The fourth-order valence-electron chi connectivity index (χ4n) is 3.06. The standard InChI is InChI=1S/C23H20BrF2N3O4.CH5N/c1-12-4-5-15(21(31)27-13(2)10-30)8-19(12)29-14(3)28-22(20(24)23(29)32)33-11-16-6-7-17(25)9-18(16)26;1-2/h4-10,13H,11H2,1-3H3,(H,27,31);2H2,1H3/t13-;/m0./s1. The van der Waals surface area contributed by atoms with Crippen LogP contribution < -0.4 is 21.3 Å². The molecule has 35 heavy (non-hydrogen) atoms. The number of carbonyl (C=O) groups excluding carboxylic acids is 2. The van der Waals surface area contributed by atoms with Gasteiger partial charge in [0, 0.05) is 17.2 Å². The molecule has 0 bridgehead atoms. The lowest BCUT2D eigenvalue weighted by Gasteiger charge is -2.16. The Morgan fingerprint density at radius 3 is 2.54 bits per heavy atom. The Morgan fingerprint density at radius 2 is 1.91 bits per heavy atom. The lowest BCUT2D eigenvalue weighted by molar-refractivity contribution is -0.109. The molecule has 0 aliphatic carbocycles. The van der Waals surface area contributed by atoms with Crippen molar-refractivity contribution in [1.29, 1.82) is 0 Å². The number of nitrogens with one attached hydrogen (secondary N) is 1. The molecule has 8 nitrogen and oxygen atoms in total. The van der Waals surface area contributed by atoms with Gasteiger partial charge in [0.05, 0.1) is 11.7 Å². The van der Waals surface area contributed by atoms with E-state index in [0.717, 1.165) is 12.1 Å². The number of aryl methyl sites for hydroxylation is 2.